The second kappa shape index (κ2) is 6.87. The molecule has 1 fully saturated rings. The Morgan fingerprint density at radius 3 is 2.79 bits per heavy atom. The highest BCUT2D eigenvalue weighted by molar-refractivity contribution is 7.12. The highest BCUT2D eigenvalue weighted by Gasteiger charge is 2.25. The highest BCUT2D eigenvalue weighted by Crippen LogP contribution is 2.25. The average molecular weight is 280 g/mol. The SMILES string of the molecule is CCCNC1CCN(Cc2cc(C)c(C)s2)C(C)C1. The molecule has 2 rings (SSSR count). The van der Waals surface area contributed by atoms with Crippen molar-refractivity contribution in [3.05, 3.63) is 21.4 Å². The molecule has 2 atom stereocenters. The van der Waals surface area contributed by atoms with E-state index in [1.807, 2.05) is 11.3 Å². The van der Waals surface area contributed by atoms with Crippen molar-refractivity contribution in [3.8, 4) is 0 Å². The fourth-order valence-electron chi connectivity index (χ4n) is 2.92. The summed E-state index contributed by atoms with van der Waals surface area (Å²) < 4.78 is 0. The Hall–Kier alpha value is -0.380. The van der Waals surface area contributed by atoms with Crippen LogP contribution in [0.1, 0.15) is 48.4 Å². The van der Waals surface area contributed by atoms with Gasteiger partial charge in [0.1, 0.15) is 0 Å². The van der Waals surface area contributed by atoms with E-state index in [0.717, 1.165) is 12.6 Å². The van der Waals surface area contributed by atoms with Crippen LogP contribution in [-0.2, 0) is 6.54 Å². The second-order valence-corrected chi connectivity index (χ2v) is 7.29. The quantitative estimate of drug-likeness (QED) is 0.884. The molecule has 0 saturated carbocycles. The number of piperidine rings is 1. The van der Waals surface area contributed by atoms with E-state index in [4.69, 9.17) is 0 Å². The van der Waals surface area contributed by atoms with Crippen LogP contribution in [0.5, 0.6) is 0 Å². The third-order valence-corrected chi connectivity index (χ3v) is 5.41. The maximum Gasteiger partial charge on any atom is 0.0330 e. The molecule has 1 N–H and O–H groups in total. The van der Waals surface area contributed by atoms with Crippen LogP contribution in [0, 0.1) is 13.8 Å². The second-order valence-electron chi connectivity index (χ2n) is 5.95. The van der Waals surface area contributed by atoms with Crippen LogP contribution in [0.4, 0.5) is 0 Å². The van der Waals surface area contributed by atoms with Crippen LogP contribution in [0.2, 0.25) is 0 Å². The summed E-state index contributed by atoms with van der Waals surface area (Å²) in [5.41, 5.74) is 1.45. The fraction of sp³-hybridized carbons (Fsp3) is 0.750. The van der Waals surface area contributed by atoms with E-state index in [0.29, 0.717) is 6.04 Å². The molecular weight excluding hydrogens is 252 g/mol. The van der Waals surface area contributed by atoms with E-state index in [-0.39, 0.29) is 0 Å². The lowest BCUT2D eigenvalue weighted by atomic mass is 9.98. The predicted octanol–water partition coefficient (Wildman–Crippen LogP) is 3.72. The topological polar surface area (TPSA) is 15.3 Å². The van der Waals surface area contributed by atoms with Gasteiger partial charge in [0.05, 0.1) is 0 Å². The van der Waals surface area contributed by atoms with E-state index in [1.54, 1.807) is 0 Å². The summed E-state index contributed by atoms with van der Waals surface area (Å²) in [6, 6.07) is 3.80. The molecule has 0 bridgehead atoms. The first-order chi connectivity index (χ1) is 9.10. The average Bonchev–Trinajstić information content (AvgIpc) is 2.69. The first kappa shape index (κ1) is 15.0. The Bertz CT molecular complexity index is 380. The monoisotopic (exact) mass is 280 g/mol. The summed E-state index contributed by atoms with van der Waals surface area (Å²) in [5, 5.41) is 3.68. The lowest BCUT2D eigenvalue weighted by Crippen LogP contribution is -2.47. The minimum Gasteiger partial charge on any atom is -0.314 e. The Morgan fingerprint density at radius 2 is 2.21 bits per heavy atom. The van der Waals surface area contributed by atoms with Crippen LogP contribution < -0.4 is 5.32 Å². The molecule has 1 aromatic rings. The smallest absolute Gasteiger partial charge is 0.0330 e. The summed E-state index contributed by atoms with van der Waals surface area (Å²) in [6.45, 7) is 12.6. The zero-order chi connectivity index (χ0) is 13.8. The van der Waals surface area contributed by atoms with E-state index < -0.39 is 0 Å². The van der Waals surface area contributed by atoms with Crippen molar-refractivity contribution in [2.45, 2.75) is 65.6 Å². The summed E-state index contributed by atoms with van der Waals surface area (Å²) in [4.78, 5) is 5.65. The molecule has 2 heterocycles. The molecule has 0 radical (unpaired) electrons. The van der Waals surface area contributed by atoms with Crippen LogP contribution in [-0.4, -0.2) is 30.1 Å². The fourth-order valence-corrected chi connectivity index (χ4v) is 4.00. The van der Waals surface area contributed by atoms with Crippen LogP contribution in [0.25, 0.3) is 0 Å². The van der Waals surface area contributed by atoms with Crippen molar-refractivity contribution in [2.75, 3.05) is 13.1 Å². The molecule has 0 aromatic carbocycles. The number of likely N-dealkylation sites (tertiary alicyclic amines) is 1. The first-order valence-electron chi connectivity index (χ1n) is 7.63. The van der Waals surface area contributed by atoms with Crippen molar-refractivity contribution in [1.82, 2.24) is 10.2 Å². The first-order valence-corrected chi connectivity index (χ1v) is 8.45. The maximum absolute atomic E-state index is 3.68. The normalized spacial score (nSPS) is 24.8. The molecule has 3 heteroatoms. The van der Waals surface area contributed by atoms with Gasteiger partial charge >= 0.3 is 0 Å². The zero-order valence-corrected chi connectivity index (χ0v) is 13.6. The molecule has 0 spiro atoms. The van der Waals surface area contributed by atoms with Gasteiger partial charge in [-0.3, -0.25) is 4.90 Å². The molecule has 19 heavy (non-hydrogen) atoms. The summed E-state index contributed by atoms with van der Waals surface area (Å²) in [7, 11) is 0. The number of hydrogen-bond acceptors (Lipinski definition) is 3. The number of nitrogens with one attached hydrogen (secondary N) is 1. The number of nitrogens with zero attached hydrogens (tertiary/aromatic N) is 1. The van der Waals surface area contributed by atoms with Gasteiger partial charge in [0.25, 0.3) is 0 Å². The zero-order valence-electron chi connectivity index (χ0n) is 12.8. The van der Waals surface area contributed by atoms with E-state index in [9.17, 15) is 0 Å². The van der Waals surface area contributed by atoms with Gasteiger partial charge < -0.3 is 5.32 Å². The molecule has 1 aliphatic heterocycles. The minimum atomic E-state index is 0.700. The van der Waals surface area contributed by atoms with Crippen molar-refractivity contribution >= 4 is 11.3 Å². The molecule has 1 saturated heterocycles. The van der Waals surface area contributed by atoms with E-state index in [2.05, 4.69) is 44.0 Å². The highest BCUT2D eigenvalue weighted by atomic mass is 32.1. The molecule has 2 nitrogen and oxygen atoms in total. The Labute approximate surface area is 122 Å². The van der Waals surface area contributed by atoms with Gasteiger partial charge in [-0.15, -0.1) is 11.3 Å². The number of rotatable bonds is 5. The third kappa shape index (κ3) is 4.04. The Kier molecular flexibility index (Phi) is 5.43. The van der Waals surface area contributed by atoms with Gasteiger partial charge in [-0.1, -0.05) is 6.92 Å². The van der Waals surface area contributed by atoms with Crippen LogP contribution in [0.15, 0.2) is 6.07 Å². The number of thiophene rings is 1. The molecule has 108 valence electrons. The Morgan fingerprint density at radius 1 is 1.42 bits per heavy atom. The van der Waals surface area contributed by atoms with Crippen LogP contribution >= 0.6 is 11.3 Å². The number of hydrogen-bond donors (Lipinski definition) is 1. The molecule has 0 aliphatic carbocycles. The standard InChI is InChI=1S/C16H28N2S/c1-5-7-17-15-6-8-18(13(3)10-15)11-16-9-12(2)14(4)19-16/h9,13,15,17H,5-8,10-11H2,1-4H3. The maximum atomic E-state index is 3.68. The van der Waals surface area contributed by atoms with Crippen molar-refractivity contribution < 1.29 is 0 Å². The van der Waals surface area contributed by atoms with Crippen molar-refractivity contribution in [1.29, 1.82) is 0 Å². The van der Waals surface area contributed by atoms with Gasteiger partial charge in [0.15, 0.2) is 0 Å². The summed E-state index contributed by atoms with van der Waals surface area (Å²) in [6.07, 6.45) is 3.83. The largest absolute Gasteiger partial charge is 0.314 e. The molecule has 1 aliphatic rings. The lowest BCUT2D eigenvalue weighted by Gasteiger charge is -2.37. The van der Waals surface area contributed by atoms with Gasteiger partial charge in [0, 0.05) is 34.9 Å². The molecule has 2 unspecified atom stereocenters. The minimum absolute atomic E-state index is 0.700. The van der Waals surface area contributed by atoms with Crippen molar-refractivity contribution in [3.63, 3.8) is 0 Å². The van der Waals surface area contributed by atoms with E-state index >= 15 is 0 Å². The molecule has 1 aromatic heterocycles. The summed E-state index contributed by atoms with van der Waals surface area (Å²) >= 11 is 1.97. The lowest BCUT2D eigenvalue weighted by molar-refractivity contribution is 0.130. The van der Waals surface area contributed by atoms with Crippen LogP contribution in [0.3, 0.4) is 0 Å². The predicted molar refractivity (Wildman–Crippen MR) is 85.0 cm³/mol. The molecule has 0 amide bonds. The van der Waals surface area contributed by atoms with Gasteiger partial charge in [-0.05, 0) is 58.2 Å². The Balaban J connectivity index is 1.86. The third-order valence-electron chi connectivity index (χ3n) is 4.27. The van der Waals surface area contributed by atoms with Gasteiger partial charge in [-0.25, -0.2) is 0 Å². The van der Waals surface area contributed by atoms with Gasteiger partial charge in [0.2, 0.25) is 0 Å². The molecular formula is C16H28N2S. The number of aryl methyl sites for hydroxylation is 2. The van der Waals surface area contributed by atoms with Gasteiger partial charge in [-0.2, -0.15) is 0 Å². The summed E-state index contributed by atoms with van der Waals surface area (Å²) in [5.74, 6) is 0. The van der Waals surface area contributed by atoms with Crippen molar-refractivity contribution in [2.24, 2.45) is 0 Å². The van der Waals surface area contributed by atoms with E-state index in [1.165, 1.54) is 47.7 Å².